The first kappa shape index (κ1) is 15.5. The molecular weight excluding hydrogens is 222 g/mol. The monoisotopic (exact) mass is 251 g/mol. The molecule has 0 aromatic carbocycles. The van der Waals surface area contributed by atoms with E-state index in [1.807, 2.05) is 13.8 Å². The molecule has 0 aromatic heterocycles. The van der Waals surface area contributed by atoms with Gasteiger partial charge in [0.05, 0.1) is 11.5 Å². The van der Waals surface area contributed by atoms with E-state index < -0.39 is 0 Å². The van der Waals surface area contributed by atoms with Gasteiger partial charge in [0.15, 0.2) is 0 Å². The Morgan fingerprint density at radius 1 is 1.28 bits per heavy atom. The molecule has 1 aliphatic rings. The van der Waals surface area contributed by atoms with Crippen molar-refractivity contribution in [2.24, 2.45) is 5.41 Å². The Morgan fingerprint density at radius 3 is 2.56 bits per heavy atom. The lowest BCUT2D eigenvalue weighted by Crippen LogP contribution is -2.38. The van der Waals surface area contributed by atoms with Gasteiger partial charge in [-0.3, -0.25) is 4.90 Å². The Morgan fingerprint density at radius 2 is 1.94 bits per heavy atom. The molecule has 1 atom stereocenters. The third-order valence-electron chi connectivity index (χ3n) is 3.91. The highest BCUT2D eigenvalue weighted by molar-refractivity contribution is 4.91. The SMILES string of the molecule is CC(CNCCCCC(C)(C)C#N)N1CCCC1. The Balaban J connectivity index is 1.97. The summed E-state index contributed by atoms with van der Waals surface area (Å²) in [6, 6.07) is 3.03. The predicted molar refractivity (Wildman–Crippen MR) is 76.4 cm³/mol. The van der Waals surface area contributed by atoms with Gasteiger partial charge >= 0.3 is 0 Å². The van der Waals surface area contributed by atoms with E-state index in [2.05, 4.69) is 23.2 Å². The maximum absolute atomic E-state index is 8.92. The fraction of sp³-hybridized carbons (Fsp3) is 0.933. The lowest BCUT2D eigenvalue weighted by atomic mass is 9.89. The zero-order valence-electron chi connectivity index (χ0n) is 12.3. The molecule has 1 rings (SSSR count). The molecule has 0 spiro atoms. The van der Waals surface area contributed by atoms with Crippen molar-refractivity contribution in [1.29, 1.82) is 5.26 Å². The van der Waals surface area contributed by atoms with Crippen molar-refractivity contribution >= 4 is 0 Å². The molecule has 0 aliphatic carbocycles. The van der Waals surface area contributed by atoms with Crippen molar-refractivity contribution in [2.75, 3.05) is 26.2 Å². The smallest absolute Gasteiger partial charge is 0.0683 e. The Kier molecular flexibility index (Phi) is 6.67. The highest BCUT2D eigenvalue weighted by atomic mass is 15.2. The minimum absolute atomic E-state index is 0.150. The number of unbranched alkanes of at least 4 members (excludes halogenated alkanes) is 1. The van der Waals surface area contributed by atoms with Crippen LogP contribution in [0, 0.1) is 16.7 Å². The lowest BCUT2D eigenvalue weighted by Gasteiger charge is -2.24. The fourth-order valence-corrected chi connectivity index (χ4v) is 2.50. The van der Waals surface area contributed by atoms with E-state index in [0.29, 0.717) is 6.04 Å². The average molecular weight is 251 g/mol. The van der Waals surface area contributed by atoms with Crippen molar-refractivity contribution in [1.82, 2.24) is 10.2 Å². The summed E-state index contributed by atoms with van der Waals surface area (Å²) in [6.07, 6.45) is 6.07. The van der Waals surface area contributed by atoms with Crippen LogP contribution >= 0.6 is 0 Å². The lowest BCUT2D eigenvalue weighted by molar-refractivity contribution is 0.251. The Bertz CT molecular complexity index is 261. The van der Waals surface area contributed by atoms with Gasteiger partial charge in [-0.15, -0.1) is 0 Å². The zero-order chi connectivity index (χ0) is 13.4. The number of nitrogens with zero attached hydrogens (tertiary/aromatic N) is 2. The first-order valence-electron chi connectivity index (χ1n) is 7.41. The van der Waals surface area contributed by atoms with Crippen LogP contribution in [-0.2, 0) is 0 Å². The minimum atomic E-state index is -0.150. The topological polar surface area (TPSA) is 39.1 Å². The second-order valence-electron chi connectivity index (χ2n) is 6.25. The molecule has 0 amide bonds. The molecule has 0 bridgehead atoms. The van der Waals surface area contributed by atoms with Crippen LogP contribution in [0.2, 0.25) is 0 Å². The average Bonchev–Trinajstić information content (AvgIpc) is 2.87. The van der Waals surface area contributed by atoms with Gasteiger partial charge in [-0.25, -0.2) is 0 Å². The minimum Gasteiger partial charge on any atom is -0.315 e. The largest absolute Gasteiger partial charge is 0.315 e. The van der Waals surface area contributed by atoms with Crippen LogP contribution in [-0.4, -0.2) is 37.1 Å². The summed E-state index contributed by atoms with van der Waals surface area (Å²) in [7, 11) is 0. The van der Waals surface area contributed by atoms with Crippen molar-refractivity contribution in [3.05, 3.63) is 0 Å². The highest BCUT2D eigenvalue weighted by Crippen LogP contribution is 2.21. The van der Waals surface area contributed by atoms with Crippen molar-refractivity contribution in [2.45, 2.75) is 58.9 Å². The molecule has 1 unspecified atom stereocenters. The Labute approximate surface area is 113 Å². The number of likely N-dealkylation sites (tertiary alicyclic amines) is 1. The molecule has 1 fully saturated rings. The zero-order valence-corrected chi connectivity index (χ0v) is 12.3. The molecule has 3 nitrogen and oxygen atoms in total. The van der Waals surface area contributed by atoms with Crippen molar-refractivity contribution < 1.29 is 0 Å². The molecule has 1 aliphatic heterocycles. The van der Waals surface area contributed by atoms with E-state index in [-0.39, 0.29) is 5.41 Å². The summed E-state index contributed by atoms with van der Waals surface area (Å²) < 4.78 is 0. The molecule has 104 valence electrons. The first-order valence-corrected chi connectivity index (χ1v) is 7.41. The van der Waals surface area contributed by atoms with Gasteiger partial charge in [0.2, 0.25) is 0 Å². The van der Waals surface area contributed by atoms with Crippen molar-refractivity contribution in [3.8, 4) is 6.07 Å². The van der Waals surface area contributed by atoms with Crippen LogP contribution in [0.4, 0.5) is 0 Å². The summed E-state index contributed by atoms with van der Waals surface area (Å²) in [6.45, 7) is 11.1. The molecule has 1 N–H and O–H groups in total. The molecule has 3 heteroatoms. The van der Waals surface area contributed by atoms with Gasteiger partial charge in [-0.1, -0.05) is 6.42 Å². The number of nitrogens with one attached hydrogen (secondary N) is 1. The van der Waals surface area contributed by atoms with Crippen LogP contribution in [0.3, 0.4) is 0 Å². The highest BCUT2D eigenvalue weighted by Gasteiger charge is 2.17. The predicted octanol–water partition coefficient (Wildman–Crippen LogP) is 2.78. The van der Waals surface area contributed by atoms with E-state index >= 15 is 0 Å². The van der Waals surface area contributed by atoms with Crippen LogP contribution in [0.15, 0.2) is 0 Å². The Hall–Kier alpha value is -0.590. The molecular formula is C15H29N3. The van der Waals surface area contributed by atoms with E-state index in [0.717, 1.165) is 25.9 Å². The second-order valence-corrected chi connectivity index (χ2v) is 6.25. The fourth-order valence-electron chi connectivity index (χ4n) is 2.50. The number of hydrogen-bond acceptors (Lipinski definition) is 3. The van der Waals surface area contributed by atoms with E-state index in [1.165, 1.54) is 32.4 Å². The summed E-state index contributed by atoms with van der Waals surface area (Å²) >= 11 is 0. The quantitative estimate of drug-likeness (QED) is 0.674. The van der Waals surface area contributed by atoms with Crippen LogP contribution < -0.4 is 5.32 Å². The number of rotatable bonds is 8. The molecule has 1 saturated heterocycles. The number of hydrogen-bond donors (Lipinski definition) is 1. The van der Waals surface area contributed by atoms with E-state index in [9.17, 15) is 0 Å². The summed E-state index contributed by atoms with van der Waals surface area (Å²) in [5.74, 6) is 0. The van der Waals surface area contributed by atoms with Crippen molar-refractivity contribution in [3.63, 3.8) is 0 Å². The van der Waals surface area contributed by atoms with E-state index in [4.69, 9.17) is 5.26 Å². The third kappa shape index (κ3) is 5.84. The molecule has 18 heavy (non-hydrogen) atoms. The standard InChI is InChI=1S/C15H29N3/c1-14(18-10-6-7-11-18)12-17-9-5-4-8-15(2,3)13-16/h14,17H,4-12H2,1-3H3. The maximum Gasteiger partial charge on any atom is 0.0683 e. The summed E-state index contributed by atoms with van der Waals surface area (Å²) in [5, 5.41) is 12.5. The first-order chi connectivity index (χ1) is 8.55. The van der Waals surface area contributed by atoms with Gasteiger partial charge in [0, 0.05) is 12.6 Å². The normalized spacial score (nSPS) is 18.8. The van der Waals surface area contributed by atoms with Crippen LogP contribution in [0.1, 0.15) is 52.9 Å². The summed E-state index contributed by atoms with van der Waals surface area (Å²) in [5.41, 5.74) is -0.150. The molecule has 0 aromatic rings. The second kappa shape index (κ2) is 7.76. The van der Waals surface area contributed by atoms with Crippen LogP contribution in [0.5, 0.6) is 0 Å². The van der Waals surface area contributed by atoms with Gasteiger partial charge in [0.25, 0.3) is 0 Å². The van der Waals surface area contributed by atoms with Crippen LogP contribution in [0.25, 0.3) is 0 Å². The maximum atomic E-state index is 8.92. The van der Waals surface area contributed by atoms with Gasteiger partial charge in [0.1, 0.15) is 0 Å². The summed E-state index contributed by atoms with van der Waals surface area (Å²) in [4.78, 5) is 2.58. The van der Waals surface area contributed by atoms with Gasteiger partial charge in [-0.05, 0) is 66.1 Å². The van der Waals surface area contributed by atoms with Gasteiger partial charge < -0.3 is 5.32 Å². The van der Waals surface area contributed by atoms with Gasteiger partial charge in [-0.2, -0.15) is 5.26 Å². The number of nitriles is 1. The molecule has 0 radical (unpaired) electrons. The van der Waals surface area contributed by atoms with E-state index in [1.54, 1.807) is 0 Å². The molecule has 1 heterocycles. The molecule has 0 saturated carbocycles. The third-order valence-corrected chi connectivity index (χ3v) is 3.91.